The van der Waals surface area contributed by atoms with E-state index < -0.39 is 0 Å². The third kappa shape index (κ3) is 4.39. The van der Waals surface area contributed by atoms with Gasteiger partial charge in [0.15, 0.2) is 0 Å². The Morgan fingerprint density at radius 3 is 2.85 bits per heavy atom. The van der Waals surface area contributed by atoms with Crippen LogP contribution in [0.2, 0.25) is 0 Å². The van der Waals surface area contributed by atoms with Crippen molar-refractivity contribution in [3.8, 4) is 5.75 Å². The first-order valence-electron chi connectivity index (χ1n) is 6.98. The molecule has 1 aromatic carbocycles. The van der Waals surface area contributed by atoms with E-state index in [2.05, 4.69) is 10.6 Å². The lowest BCUT2D eigenvalue weighted by atomic mass is 10.0. The van der Waals surface area contributed by atoms with Crippen LogP contribution in [0.25, 0.3) is 0 Å². The van der Waals surface area contributed by atoms with E-state index in [1.807, 2.05) is 32.0 Å². The van der Waals surface area contributed by atoms with Crippen molar-refractivity contribution in [3.63, 3.8) is 0 Å². The second kappa shape index (κ2) is 8.12. The highest BCUT2D eigenvalue weighted by atomic mass is 35.5. The smallest absolute Gasteiger partial charge is 0.241 e. The van der Waals surface area contributed by atoms with Crippen molar-refractivity contribution < 1.29 is 9.53 Å². The largest absolute Gasteiger partial charge is 0.494 e. The molecule has 0 saturated carbocycles. The van der Waals surface area contributed by atoms with Crippen LogP contribution in [-0.2, 0) is 4.79 Å². The van der Waals surface area contributed by atoms with E-state index in [1.165, 1.54) is 0 Å². The van der Waals surface area contributed by atoms with Crippen LogP contribution in [0.1, 0.15) is 31.7 Å². The van der Waals surface area contributed by atoms with E-state index in [9.17, 15) is 4.79 Å². The number of benzene rings is 1. The maximum Gasteiger partial charge on any atom is 0.241 e. The van der Waals surface area contributed by atoms with Gasteiger partial charge in [-0.05, 0) is 57.0 Å². The van der Waals surface area contributed by atoms with Crippen molar-refractivity contribution >= 4 is 24.0 Å². The van der Waals surface area contributed by atoms with Gasteiger partial charge in [0, 0.05) is 5.69 Å². The van der Waals surface area contributed by atoms with Gasteiger partial charge >= 0.3 is 0 Å². The van der Waals surface area contributed by atoms with E-state index in [4.69, 9.17) is 4.74 Å². The molecule has 1 fully saturated rings. The van der Waals surface area contributed by atoms with E-state index in [-0.39, 0.29) is 24.4 Å². The van der Waals surface area contributed by atoms with Gasteiger partial charge in [0.2, 0.25) is 5.91 Å². The molecular weight excluding hydrogens is 276 g/mol. The zero-order valence-electron chi connectivity index (χ0n) is 12.1. The molecule has 1 saturated heterocycles. The van der Waals surface area contributed by atoms with Crippen LogP contribution < -0.4 is 15.4 Å². The Morgan fingerprint density at radius 1 is 1.45 bits per heavy atom. The van der Waals surface area contributed by atoms with Crippen LogP contribution in [0.3, 0.4) is 0 Å². The molecule has 5 heteroatoms. The normalized spacial score (nSPS) is 18.0. The molecule has 1 aromatic rings. The topological polar surface area (TPSA) is 50.4 Å². The number of hydrogen-bond acceptors (Lipinski definition) is 3. The summed E-state index contributed by atoms with van der Waals surface area (Å²) in [4.78, 5) is 12.1. The number of ether oxygens (including phenoxy) is 1. The summed E-state index contributed by atoms with van der Waals surface area (Å²) < 4.78 is 5.44. The highest BCUT2D eigenvalue weighted by Gasteiger charge is 2.20. The molecule has 0 spiro atoms. The van der Waals surface area contributed by atoms with Gasteiger partial charge in [0.05, 0.1) is 12.6 Å². The Hall–Kier alpha value is -1.26. The van der Waals surface area contributed by atoms with Crippen LogP contribution >= 0.6 is 12.4 Å². The zero-order valence-corrected chi connectivity index (χ0v) is 12.9. The minimum atomic E-state index is -0.0558. The van der Waals surface area contributed by atoms with Crippen molar-refractivity contribution in [1.82, 2.24) is 5.32 Å². The van der Waals surface area contributed by atoms with Crippen LogP contribution in [0.4, 0.5) is 5.69 Å². The van der Waals surface area contributed by atoms with E-state index in [0.29, 0.717) is 6.61 Å². The number of hydrogen-bond donors (Lipinski definition) is 2. The molecule has 2 rings (SSSR count). The number of carbonyl (C=O) groups excluding carboxylic acids is 1. The number of carbonyl (C=O) groups is 1. The van der Waals surface area contributed by atoms with Crippen LogP contribution in [0.5, 0.6) is 5.75 Å². The molecule has 1 aliphatic rings. The highest BCUT2D eigenvalue weighted by Crippen LogP contribution is 2.22. The standard InChI is InChI=1S/C15H22N2O2.ClH/c1-3-19-12-7-8-13(11(2)10-12)17-15(18)14-6-4-5-9-16-14;/h7-8,10,14,16H,3-6,9H2,1-2H3,(H,17,18);1H/t14-;/m1./s1. The molecule has 1 aliphatic heterocycles. The minimum Gasteiger partial charge on any atom is -0.494 e. The molecule has 2 N–H and O–H groups in total. The number of piperidine rings is 1. The summed E-state index contributed by atoms with van der Waals surface area (Å²) in [5.41, 5.74) is 1.89. The molecule has 0 aliphatic carbocycles. The monoisotopic (exact) mass is 298 g/mol. The molecule has 0 unspecified atom stereocenters. The summed E-state index contributed by atoms with van der Waals surface area (Å²) in [5.74, 6) is 0.903. The minimum absolute atomic E-state index is 0. The van der Waals surface area contributed by atoms with Crippen LogP contribution in [-0.4, -0.2) is 25.1 Å². The molecule has 0 aromatic heterocycles. The average molecular weight is 299 g/mol. The third-order valence-electron chi connectivity index (χ3n) is 3.39. The quantitative estimate of drug-likeness (QED) is 0.898. The van der Waals surface area contributed by atoms with Gasteiger partial charge in [-0.3, -0.25) is 4.79 Å². The van der Waals surface area contributed by atoms with Crippen molar-refractivity contribution in [2.24, 2.45) is 0 Å². The van der Waals surface area contributed by atoms with Gasteiger partial charge in [-0.2, -0.15) is 0 Å². The van der Waals surface area contributed by atoms with Crippen molar-refractivity contribution in [1.29, 1.82) is 0 Å². The molecule has 1 amide bonds. The molecule has 1 atom stereocenters. The van der Waals surface area contributed by atoms with Gasteiger partial charge < -0.3 is 15.4 Å². The van der Waals surface area contributed by atoms with E-state index in [0.717, 1.165) is 42.8 Å². The van der Waals surface area contributed by atoms with Crippen molar-refractivity contribution in [2.75, 3.05) is 18.5 Å². The van der Waals surface area contributed by atoms with Crippen molar-refractivity contribution in [3.05, 3.63) is 23.8 Å². The van der Waals surface area contributed by atoms with Gasteiger partial charge in [-0.25, -0.2) is 0 Å². The second-order valence-electron chi connectivity index (χ2n) is 4.90. The summed E-state index contributed by atoms with van der Waals surface area (Å²) in [7, 11) is 0. The lowest BCUT2D eigenvalue weighted by Crippen LogP contribution is -2.43. The van der Waals surface area contributed by atoms with E-state index >= 15 is 0 Å². The molecule has 1 heterocycles. The lowest BCUT2D eigenvalue weighted by Gasteiger charge is -2.23. The first kappa shape index (κ1) is 16.8. The summed E-state index contributed by atoms with van der Waals surface area (Å²) in [6, 6.07) is 5.69. The molecule has 0 radical (unpaired) electrons. The lowest BCUT2D eigenvalue weighted by molar-refractivity contribution is -0.118. The van der Waals surface area contributed by atoms with Gasteiger partial charge in [0.1, 0.15) is 5.75 Å². The Balaban J connectivity index is 0.00000200. The fourth-order valence-corrected chi connectivity index (χ4v) is 2.33. The number of rotatable bonds is 4. The third-order valence-corrected chi connectivity index (χ3v) is 3.39. The highest BCUT2D eigenvalue weighted by molar-refractivity contribution is 5.95. The first-order valence-corrected chi connectivity index (χ1v) is 6.98. The fourth-order valence-electron chi connectivity index (χ4n) is 2.33. The zero-order chi connectivity index (χ0) is 13.7. The molecule has 20 heavy (non-hydrogen) atoms. The van der Waals surface area contributed by atoms with E-state index in [1.54, 1.807) is 0 Å². The Morgan fingerprint density at radius 2 is 2.25 bits per heavy atom. The molecule has 0 bridgehead atoms. The molecule has 4 nitrogen and oxygen atoms in total. The number of nitrogens with one attached hydrogen (secondary N) is 2. The number of aryl methyl sites for hydroxylation is 1. The summed E-state index contributed by atoms with van der Waals surface area (Å²) in [5, 5.41) is 6.25. The number of halogens is 1. The van der Waals surface area contributed by atoms with Gasteiger partial charge in [-0.15, -0.1) is 12.4 Å². The second-order valence-corrected chi connectivity index (χ2v) is 4.90. The molecule has 112 valence electrons. The number of anilines is 1. The Bertz CT molecular complexity index is 445. The van der Waals surface area contributed by atoms with Crippen LogP contribution in [0, 0.1) is 6.92 Å². The maximum atomic E-state index is 12.1. The van der Waals surface area contributed by atoms with Gasteiger partial charge in [0.25, 0.3) is 0 Å². The predicted octanol–water partition coefficient (Wildman–Crippen LogP) is 2.90. The SMILES string of the molecule is CCOc1ccc(NC(=O)[C@H]2CCCCN2)c(C)c1.Cl. The Labute approximate surface area is 126 Å². The summed E-state index contributed by atoms with van der Waals surface area (Å²) in [6.45, 7) is 5.52. The average Bonchev–Trinajstić information content (AvgIpc) is 2.43. The van der Waals surface area contributed by atoms with Crippen LogP contribution in [0.15, 0.2) is 18.2 Å². The Kier molecular flexibility index (Phi) is 6.82. The summed E-state index contributed by atoms with van der Waals surface area (Å²) in [6.07, 6.45) is 3.20. The summed E-state index contributed by atoms with van der Waals surface area (Å²) >= 11 is 0. The fraction of sp³-hybridized carbons (Fsp3) is 0.533. The predicted molar refractivity (Wildman–Crippen MR) is 83.9 cm³/mol. The van der Waals surface area contributed by atoms with Crippen molar-refractivity contribution in [2.45, 2.75) is 39.2 Å². The molecular formula is C15H23ClN2O2. The maximum absolute atomic E-state index is 12.1. The van der Waals surface area contributed by atoms with Gasteiger partial charge in [-0.1, -0.05) is 6.42 Å². The number of amides is 1. The first-order chi connectivity index (χ1) is 9.20.